The molecule has 1 aromatic heterocycles. The first-order valence-corrected chi connectivity index (χ1v) is 5.40. The quantitative estimate of drug-likeness (QED) is 0.841. The smallest absolute Gasteiger partial charge is 0.160 e. The first-order valence-electron chi connectivity index (χ1n) is 4.46. The van der Waals surface area contributed by atoms with E-state index in [4.69, 9.17) is 0 Å². The van der Waals surface area contributed by atoms with Crippen molar-refractivity contribution in [3.05, 3.63) is 52.2 Å². The molecule has 0 aliphatic rings. The second-order valence-electron chi connectivity index (χ2n) is 3.11. The molecule has 1 aromatic carbocycles. The van der Waals surface area contributed by atoms with Crippen molar-refractivity contribution in [1.29, 1.82) is 0 Å². The van der Waals surface area contributed by atoms with Crippen LogP contribution in [0.2, 0.25) is 0 Å². The predicted molar refractivity (Wildman–Crippen MR) is 58.0 cm³/mol. The van der Waals surface area contributed by atoms with Crippen LogP contribution in [0.4, 0.5) is 14.5 Å². The van der Waals surface area contributed by atoms with Gasteiger partial charge >= 0.3 is 0 Å². The van der Waals surface area contributed by atoms with Crippen LogP contribution in [0.1, 0.15) is 5.56 Å². The van der Waals surface area contributed by atoms with E-state index < -0.39 is 11.6 Å². The van der Waals surface area contributed by atoms with Gasteiger partial charge in [-0.15, -0.1) is 0 Å². The molecule has 0 unspecified atom stereocenters. The average Bonchev–Trinajstić information content (AvgIpc) is 2.73. The molecule has 0 aliphatic heterocycles. The van der Waals surface area contributed by atoms with Crippen LogP contribution < -0.4 is 5.32 Å². The molecule has 0 atom stereocenters. The summed E-state index contributed by atoms with van der Waals surface area (Å²) in [6.07, 6.45) is 0. The maximum atomic E-state index is 12.8. The minimum atomic E-state index is -0.828. The molecule has 0 aliphatic carbocycles. The molecular weight excluding hydrogens is 216 g/mol. The number of rotatable bonds is 3. The number of thiophene rings is 1. The molecular formula is C11H9F2NS. The summed E-state index contributed by atoms with van der Waals surface area (Å²) in [5.74, 6) is -1.65. The molecule has 15 heavy (non-hydrogen) atoms. The maximum absolute atomic E-state index is 12.8. The van der Waals surface area contributed by atoms with Crippen LogP contribution in [-0.2, 0) is 6.54 Å². The highest BCUT2D eigenvalue weighted by atomic mass is 32.1. The largest absolute Gasteiger partial charge is 0.381 e. The van der Waals surface area contributed by atoms with E-state index in [2.05, 4.69) is 5.32 Å². The van der Waals surface area contributed by atoms with Crippen LogP contribution in [0.5, 0.6) is 0 Å². The van der Waals surface area contributed by atoms with Crippen molar-refractivity contribution in [1.82, 2.24) is 0 Å². The molecule has 2 rings (SSSR count). The fraction of sp³-hybridized carbons (Fsp3) is 0.0909. The van der Waals surface area contributed by atoms with Gasteiger partial charge < -0.3 is 5.32 Å². The second kappa shape index (κ2) is 4.40. The number of nitrogens with one attached hydrogen (secondary N) is 1. The minimum absolute atomic E-state index is 0.583. The molecule has 0 saturated heterocycles. The lowest BCUT2D eigenvalue weighted by atomic mass is 10.3. The minimum Gasteiger partial charge on any atom is -0.381 e. The van der Waals surface area contributed by atoms with E-state index in [-0.39, 0.29) is 0 Å². The Morgan fingerprint density at radius 3 is 2.67 bits per heavy atom. The van der Waals surface area contributed by atoms with Crippen LogP contribution in [0.15, 0.2) is 35.0 Å². The first kappa shape index (κ1) is 10.1. The van der Waals surface area contributed by atoms with Gasteiger partial charge in [-0.25, -0.2) is 8.78 Å². The van der Waals surface area contributed by atoms with Gasteiger partial charge in [-0.05, 0) is 34.5 Å². The number of anilines is 1. The van der Waals surface area contributed by atoms with Crippen molar-refractivity contribution < 1.29 is 8.78 Å². The molecule has 0 bridgehead atoms. The third-order valence-electron chi connectivity index (χ3n) is 2.00. The van der Waals surface area contributed by atoms with Gasteiger partial charge in [0, 0.05) is 18.3 Å². The predicted octanol–water partition coefficient (Wildman–Crippen LogP) is 3.64. The van der Waals surface area contributed by atoms with E-state index in [9.17, 15) is 8.78 Å². The maximum Gasteiger partial charge on any atom is 0.160 e. The Morgan fingerprint density at radius 2 is 2.00 bits per heavy atom. The van der Waals surface area contributed by atoms with Gasteiger partial charge in [-0.1, -0.05) is 0 Å². The molecule has 2 aromatic rings. The normalized spacial score (nSPS) is 10.3. The zero-order valence-corrected chi connectivity index (χ0v) is 8.65. The summed E-state index contributed by atoms with van der Waals surface area (Å²) >= 11 is 1.61. The van der Waals surface area contributed by atoms with Crippen molar-refractivity contribution in [2.75, 3.05) is 5.32 Å². The molecule has 0 saturated carbocycles. The van der Waals surface area contributed by atoms with Crippen LogP contribution >= 0.6 is 11.3 Å². The SMILES string of the molecule is Fc1ccc(NCc2ccsc2)cc1F. The fourth-order valence-electron chi connectivity index (χ4n) is 1.20. The van der Waals surface area contributed by atoms with Crippen LogP contribution in [0.3, 0.4) is 0 Å². The summed E-state index contributed by atoms with van der Waals surface area (Å²) in [6, 6.07) is 5.77. The molecule has 4 heteroatoms. The second-order valence-corrected chi connectivity index (χ2v) is 3.89. The number of hydrogen-bond donors (Lipinski definition) is 1. The highest BCUT2D eigenvalue weighted by Crippen LogP contribution is 2.14. The third-order valence-corrected chi connectivity index (χ3v) is 2.73. The zero-order valence-electron chi connectivity index (χ0n) is 7.84. The van der Waals surface area contributed by atoms with Gasteiger partial charge in [0.15, 0.2) is 11.6 Å². The van der Waals surface area contributed by atoms with Gasteiger partial charge in [0.2, 0.25) is 0 Å². The Hall–Kier alpha value is -1.42. The molecule has 0 radical (unpaired) electrons. The van der Waals surface area contributed by atoms with Crippen molar-refractivity contribution in [3.63, 3.8) is 0 Å². The monoisotopic (exact) mass is 225 g/mol. The van der Waals surface area contributed by atoms with Crippen LogP contribution in [-0.4, -0.2) is 0 Å². The van der Waals surface area contributed by atoms with E-state index in [1.165, 1.54) is 6.07 Å². The van der Waals surface area contributed by atoms with E-state index >= 15 is 0 Å². The number of benzene rings is 1. The molecule has 78 valence electrons. The summed E-state index contributed by atoms with van der Waals surface area (Å²) in [5.41, 5.74) is 1.71. The molecule has 0 fully saturated rings. The fourth-order valence-corrected chi connectivity index (χ4v) is 1.87. The standard InChI is InChI=1S/C11H9F2NS/c12-10-2-1-9(5-11(10)13)14-6-8-3-4-15-7-8/h1-5,7,14H,6H2. The Labute approximate surface area is 90.4 Å². The zero-order chi connectivity index (χ0) is 10.7. The van der Waals surface area contributed by atoms with Gasteiger partial charge in [0.05, 0.1) is 0 Å². The molecule has 0 spiro atoms. The van der Waals surface area contributed by atoms with Crippen molar-refractivity contribution in [3.8, 4) is 0 Å². The summed E-state index contributed by atoms with van der Waals surface area (Å²) in [7, 11) is 0. The van der Waals surface area contributed by atoms with E-state index in [1.54, 1.807) is 11.3 Å². The van der Waals surface area contributed by atoms with Crippen molar-refractivity contribution in [2.45, 2.75) is 6.54 Å². The van der Waals surface area contributed by atoms with E-state index in [1.807, 2.05) is 16.8 Å². The third kappa shape index (κ3) is 2.53. The Balaban J connectivity index is 2.02. The lowest BCUT2D eigenvalue weighted by molar-refractivity contribution is 0.509. The van der Waals surface area contributed by atoms with Crippen molar-refractivity contribution >= 4 is 17.0 Å². The van der Waals surface area contributed by atoms with Gasteiger partial charge in [0.1, 0.15) is 0 Å². The Kier molecular flexibility index (Phi) is 2.97. The Bertz CT molecular complexity index is 440. The van der Waals surface area contributed by atoms with E-state index in [0.717, 1.165) is 17.7 Å². The lowest BCUT2D eigenvalue weighted by Gasteiger charge is -2.04. The van der Waals surface area contributed by atoms with Crippen LogP contribution in [0.25, 0.3) is 0 Å². The molecule has 1 N–H and O–H groups in total. The van der Waals surface area contributed by atoms with Crippen LogP contribution in [0, 0.1) is 11.6 Å². The number of hydrogen-bond acceptors (Lipinski definition) is 2. The highest BCUT2D eigenvalue weighted by molar-refractivity contribution is 7.07. The average molecular weight is 225 g/mol. The molecule has 1 heterocycles. The molecule has 0 amide bonds. The molecule has 1 nitrogen and oxygen atoms in total. The first-order chi connectivity index (χ1) is 7.25. The van der Waals surface area contributed by atoms with Gasteiger partial charge in [-0.3, -0.25) is 0 Å². The number of halogens is 2. The van der Waals surface area contributed by atoms with Gasteiger partial charge in [-0.2, -0.15) is 11.3 Å². The summed E-state index contributed by atoms with van der Waals surface area (Å²) < 4.78 is 25.4. The Morgan fingerprint density at radius 1 is 1.13 bits per heavy atom. The van der Waals surface area contributed by atoms with Gasteiger partial charge in [0.25, 0.3) is 0 Å². The lowest BCUT2D eigenvalue weighted by Crippen LogP contribution is -1.98. The summed E-state index contributed by atoms with van der Waals surface area (Å²) in [6.45, 7) is 0.620. The summed E-state index contributed by atoms with van der Waals surface area (Å²) in [5, 5.41) is 7.00. The summed E-state index contributed by atoms with van der Waals surface area (Å²) in [4.78, 5) is 0. The highest BCUT2D eigenvalue weighted by Gasteiger charge is 2.01. The topological polar surface area (TPSA) is 12.0 Å². The van der Waals surface area contributed by atoms with Crippen molar-refractivity contribution in [2.24, 2.45) is 0 Å². The van der Waals surface area contributed by atoms with E-state index in [0.29, 0.717) is 12.2 Å².